The molecule has 0 unspecified atom stereocenters. The number of hydrogen-bond acceptors (Lipinski definition) is 1. The molecule has 2 aromatic heterocycles. The Morgan fingerprint density at radius 2 is 1.69 bits per heavy atom. The van der Waals surface area contributed by atoms with Crippen LogP contribution in [0.5, 0.6) is 0 Å². The second kappa shape index (κ2) is 2.61. The third-order valence-corrected chi connectivity index (χ3v) is 2.85. The van der Waals surface area contributed by atoms with E-state index < -0.39 is 0 Å². The quantitative estimate of drug-likeness (QED) is 0.438. The zero-order chi connectivity index (χ0) is 10.5. The molecule has 4 nitrogen and oxygen atoms in total. The Morgan fingerprint density at radius 1 is 0.938 bits per heavy atom. The van der Waals surface area contributed by atoms with Crippen LogP contribution in [0.25, 0.3) is 22.1 Å². The van der Waals surface area contributed by atoms with E-state index in [9.17, 15) is 0 Å². The molecule has 0 saturated carbocycles. The number of para-hydroxylation sites is 3. The van der Waals surface area contributed by atoms with Crippen molar-refractivity contribution < 1.29 is 4.52 Å². The summed E-state index contributed by atoms with van der Waals surface area (Å²) in [6.07, 6.45) is 0. The van der Waals surface area contributed by atoms with Gasteiger partial charge in [0.1, 0.15) is 0 Å². The average molecular weight is 209 g/mol. The number of H-pyrrole nitrogens is 1. The van der Waals surface area contributed by atoms with E-state index in [1.54, 1.807) is 4.74 Å². The van der Waals surface area contributed by atoms with Gasteiger partial charge >= 0.3 is 0 Å². The molecule has 16 heavy (non-hydrogen) atoms. The van der Waals surface area contributed by atoms with Crippen molar-refractivity contribution in [2.45, 2.75) is 0 Å². The highest BCUT2D eigenvalue weighted by Gasteiger charge is 2.15. The molecule has 0 radical (unpaired) electrons. The highest BCUT2D eigenvalue weighted by molar-refractivity contribution is 5.75. The van der Waals surface area contributed by atoms with Crippen LogP contribution in [0, 0.1) is 0 Å². The molecule has 0 aliphatic heterocycles. The van der Waals surface area contributed by atoms with Crippen LogP contribution in [0.1, 0.15) is 0 Å². The van der Waals surface area contributed by atoms with Crippen LogP contribution in [0.4, 0.5) is 0 Å². The minimum Gasteiger partial charge on any atom is -0.171 e. The number of aromatic amines is 1. The van der Waals surface area contributed by atoms with Gasteiger partial charge in [0.2, 0.25) is 5.52 Å². The van der Waals surface area contributed by atoms with Gasteiger partial charge in [-0.1, -0.05) is 24.3 Å². The van der Waals surface area contributed by atoms with Gasteiger partial charge in [-0.15, -0.1) is 4.52 Å². The number of aromatic nitrogens is 4. The van der Waals surface area contributed by atoms with Crippen molar-refractivity contribution in [3.8, 4) is 0 Å². The average Bonchev–Trinajstić information content (AvgIpc) is 2.83. The van der Waals surface area contributed by atoms with Crippen LogP contribution in [0.2, 0.25) is 0 Å². The molecular weight excluding hydrogens is 200 g/mol. The van der Waals surface area contributed by atoms with Crippen LogP contribution in [-0.4, -0.2) is 14.9 Å². The van der Waals surface area contributed by atoms with E-state index in [0.29, 0.717) is 0 Å². The zero-order valence-corrected chi connectivity index (χ0v) is 8.46. The monoisotopic (exact) mass is 209 g/mol. The molecule has 4 rings (SSSR count). The predicted molar refractivity (Wildman–Crippen MR) is 60.2 cm³/mol. The number of nitrogens with one attached hydrogen (secondary N) is 1. The van der Waals surface area contributed by atoms with Gasteiger partial charge < -0.3 is 0 Å². The molecular formula is C12H9N4+. The van der Waals surface area contributed by atoms with Crippen LogP contribution in [0.3, 0.4) is 0 Å². The largest absolute Gasteiger partial charge is 0.207 e. The SMILES string of the molecule is c1ccc2c(c1)nn1[nH]c3ccccc3[n+]21. The number of rotatable bonds is 0. The molecule has 1 N–H and O–H groups in total. The smallest absolute Gasteiger partial charge is 0.171 e. The predicted octanol–water partition coefficient (Wildman–Crippen LogP) is 1.55. The number of benzene rings is 2. The van der Waals surface area contributed by atoms with Gasteiger partial charge in [-0.05, 0) is 24.3 Å². The lowest BCUT2D eigenvalue weighted by atomic mass is 10.3. The fraction of sp³-hybridized carbons (Fsp3) is 0. The lowest BCUT2D eigenvalue weighted by molar-refractivity contribution is -0.573. The maximum Gasteiger partial charge on any atom is 0.207 e. The van der Waals surface area contributed by atoms with E-state index >= 15 is 0 Å². The summed E-state index contributed by atoms with van der Waals surface area (Å²) in [7, 11) is 0. The Morgan fingerprint density at radius 3 is 2.62 bits per heavy atom. The van der Waals surface area contributed by atoms with E-state index in [1.165, 1.54) is 0 Å². The molecule has 0 aliphatic rings. The summed E-state index contributed by atoms with van der Waals surface area (Å²) in [4.78, 5) is 0. The molecule has 2 heterocycles. The van der Waals surface area contributed by atoms with Crippen molar-refractivity contribution in [2.75, 3.05) is 0 Å². The first-order valence-electron chi connectivity index (χ1n) is 5.20. The zero-order valence-electron chi connectivity index (χ0n) is 8.46. The molecule has 0 bridgehead atoms. The first kappa shape index (κ1) is 7.87. The third-order valence-electron chi connectivity index (χ3n) is 2.85. The molecule has 4 heteroatoms. The molecule has 0 spiro atoms. The van der Waals surface area contributed by atoms with Gasteiger partial charge in [0.15, 0.2) is 16.6 Å². The Balaban J connectivity index is 2.38. The van der Waals surface area contributed by atoms with Gasteiger partial charge in [-0.25, -0.2) is 0 Å². The van der Waals surface area contributed by atoms with Crippen molar-refractivity contribution in [2.24, 2.45) is 0 Å². The van der Waals surface area contributed by atoms with Crippen LogP contribution < -0.4 is 4.52 Å². The number of hydrogen-bond donors (Lipinski definition) is 1. The fourth-order valence-electron chi connectivity index (χ4n) is 2.14. The Kier molecular flexibility index (Phi) is 1.28. The summed E-state index contributed by atoms with van der Waals surface area (Å²) in [5.74, 6) is 0. The molecule has 0 amide bonds. The number of fused-ring (bicyclic) bond motifs is 5. The molecule has 0 fully saturated rings. The lowest BCUT2D eigenvalue weighted by Gasteiger charge is -1.84. The van der Waals surface area contributed by atoms with E-state index in [4.69, 9.17) is 0 Å². The molecule has 0 atom stereocenters. The van der Waals surface area contributed by atoms with E-state index in [-0.39, 0.29) is 0 Å². The first-order valence-corrected chi connectivity index (χ1v) is 5.20. The molecule has 0 saturated heterocycles. The standard InChI is InChI=1S/C12H9N4/c1-3-7-11-9(5-1)13-16-14-10-6-2-4-8-12(10)15(11)16/h1-8H,(H,13,14)/q+1. The minimum atomic E-state index is 0.990. The molecule has 4 aromatic rings. The maximum absolute atomic E-state index is 4.48. The third kappa shape index (κ3) is 0.839. The fourth-order valence-corrected chi connectivity index (χ4v) is 2.14. The van der Waals surface area contributed by atoms with Crippen molar-refractivity contribution in [3.63, 3.8) is 0 Å². The Hall–Kier alpha value is -2.36. The van der Waals surface area contributed by atoms with E-state index in [0.717, 1.165) is 22.1 Å². The Labute approximate surface area is 90.7 Å². The summed E-state index contributed by atoms with van der Waals surface area (Å²) >= 11 is 0. The van der Waals surface area contributed by atoms with Gasteiger partial charge in [0.05, 0.1) is 4.74 Å². The molecule has 0 aliphatic carbocycles. The van der Waals surface area contributed by atoms with Gasteiger partial charge in [-0.3, -0.25) is 0 Å². The highest BCUT2D eigenvalue weighted by atomic mass is 15.6. The first-order chi connectivity index (χ1) is 7.93. The van der Waals surface area contributed by atoms with Crippen molar-refractivity contribution >= 4 is 22.1 Å². The van der Waals surface area contributed by atoms with Crippen LogP contribution in [0.15, 0.2) is 48.5 Å². The second-order valence-electron chi connectivity index (χ2n) is 3.82. The van der Waals surface area contributed by atoms with Gasteiger partial charge in [0, 0.05) is 5.10 Å². The minimum absolute atomic E-state index is 0.990. The summed E-state index contributed by atoms with van der Waals surface area (Å²) < 4.78 is 3.85. The van der Waals surface area contributed by atoms with Crippen LogP contribution >= 0.6 is 0 Å². The maximum atomic E-state index is 4.48. The second-order valence-corrected chi connectivity index (χ2v) is 3.82. The summed E-state index contributed by atoms with van der Waals surface area (Å²) in [6, 6.07) is 16.3. The topological polar surface area (TPSA) is 37.2 Å². The highest BCUT2D eigenvalue weighted by Crippen LogP contribution is 2.11. The van der Waals surface area contributed by atoms with Gasteiger partial charge in [-0.2, -0.15) is 5.10 Å². The van der Waals surface area contributed by atoms with Crippen molar-refractivity contribution in [1.29, 1.82) is 0 Å². The number of nitrogens with zero attached hydrogens (tertiary/aromatic N) is 3. The van der Waals surface area contributed by atoms with Gasteiger partial charge in [0.25, 0.3) is 0 Å². The van der Waals surface area contributed by atoms with E-state index in [2.05, 4.69) is 26.8 Å². The van der Waals surface area contributed by atoms with Crippen molar-refractivity contribution in [1.82, 2.24) is 14.9 Å². The summed E-state index contributed by atoms with van der Waals surface area (Å²) in [5, 5.41) is 7.71. The molecule has 2 aromatic carbocycles. The van der Waals surface area contributed by atoms with Crippen LogP contribution in [-0.2, 0) is 0 Å². The van der Waals surface area contributed by atoms with E-state index in [1.807, 2.05) is 36.4 Å². The summed E-state index contributed by atoms with van der Waals surface area (Å²) in [6.45, 7) is 0. The molecule has 76 valence electrons. The summed E-state index contributed by atoms with van der Waals surface area (Å²) in [5.41, 5.74) is 4.32. The normalized spacial score (nSPS) is 11.8. The lowest BCUT2D eigenvalue weighted by Crippen LogP contribution is -2.26. The van der Waals surface area contributed by atoms with Crippen molar-refractivity contribution in [3.05, 3.63) is 48.5 Å². The Bertz CT molecular complexity index is 744.